The fourth-order valence-corrected chi connectivity index (χ4v) is 5.87. The van der Waals surface area contributed by atoms with E-state index < -0.39 is 47.2 Å². The van der Waals surface area contributed by atoms with Crippen molar-refractivity contribution in [1.29, 1.82) is 0 Å². The van der Waals surface area contributed by atoms with Gasteiger partial charge in [0.2, 0.25) is 6.43 Å². The predicted octanol–water partition coefficient (Wildman–Crippen LogP) is 7.10. The van der Waals surface area contributed by atoms with Gasteiger partial charge in [0.1, 0.15) is 6.04 Å². The molecule has 1 aliphatic heterocycles. The Morgan fingerprint density at radius 3 is 2.16 bits per heavy atom. The Labute approximate surface area is 293 Å². The molecule has 0 bridgehead atoms. The standard InChI is InChI=1S/C33H33F3N4O5.C2H4F2.C2H6/c1-18-14-22(40-10-12-45-13-11-40)15-19(2)27(18)30(41)38-26(32(43)44)17-21-7-8-24(29-23(21)6-5-9-37-29)28-25(33(34,35)36)16-20(3)39(4)31(28)42;1-2(3)4;1-2/h5-9,14-16,26H,10-13,17H2,1-4H3,(H,38,41)(H,43,44);2H,1H3;1-2H3/t26-;;/m0../s1. The van der Waals surface area contributed by atoms with Gasteiger partial charge in [-0.3, -0.25) is 14.6 Å². The van der Waals surface area contributed by atoms with Gasteiger partial charge >= 0.3 is 12.1 Å². The number of hydrogen-bond acceptors (Lipinski definition) is 6. The van der Waals surface area contributed by atoms with E-state index in [1.165, 1.54) is 32.3 Å². The normalized spacial score (nSPS) is 13.5. The molecule has 1 amide bonds. The number of amides is 1. The molecule has 51 heavy (non-hydrogen) atoms. The highest BCUT2D eigenvalue weighted by atomic mass is 19.4. The first-order valence-corrected chi connectivity index (χ1v) is 16.4. The molecule has 2 N–H and O–H groups in total. The van der Waals surface area contributed by atoms with Gasteiger partial charge in [-0.1, -0.05) is 32.0 Å². The van der Waals surface area contributed by atoms with Gasteiger partial charge in [0, 0.05) is 60.6 Å². The van der Waals surface area contributed by atoms with Gasteiger partial charge in [0.25, 0.3) is 11.5 Å². The molecule has 0 spiro atoms. The summed E-state index contributed by atoms with van der Waals surface area (Å²) in [5.74, 6) is -1.83. The molecule has 1 fully saturated rings. The molecule has 0 radical (unpaired) electrons. The summed E-state index contributed by atoms with van der Waals surface area (Å²) >= 11 is 0. The lowest BCUT2D eigenvalue weighted by Crippen LogP contribution is -2.43. The number of carboxylic acids is 1. The predicted molar refractivity (Wildman–Crippen MR) is 187 cm³/mol. The van der Waals surface area contributed by atoms with Crippen molar-refractivity contribution >= 4 is 28.5 Å². The second-order valence-corrected chi connectivity index (χ2v) is 11.7. The minimum absolute atomic E-state index is 0.0233. The first-order chi connectivity index (χ1) is 24.0. The average molecular weight is 719 g/mol. The van der Waals surface area contributed by atoms with E-state index in [2.05, 4.69) is 15.2 Å². The molecule has 2 aromatic carbocycles. The number of morpholine rings is 1. The number of carbonyl (C=O) groups is 2. The number of ether oxygens (including phenoxy) is 1. The number of nitrogens with zero attached hydrogens (tertiary/aromatic N) is 3. The second kappa shape index (κ2) is 17.4. The number of alkyl halides is 5. The Balaban J connectivity index is 0.00000109. The van der Waals surface area contributed by atoms with Gasteiger partial charge in [0.15, 0.2) is 0 Å². The third-order valence-electron chi connectivity index (χ3n) is 8.25. The summed E-state index contributed by atoms with van der Waals surface area (Å²) in [7, 11) is 1.39. The SMILES string of the molecule is CC.CC(F)F.Cc1cc(N2CCOCC2)cc(C)c1C(=O)N[C@@H](Cc1ccc(-c2c(C(F)(F)F)cc(C)n(C)c2=O)c2ncccc12)C(=O)O. The van der Waals surface area contributed by atoms with Crippen LogP contribution >= 0.6 is 0 Å². The van der Waals surface area contributed by atoms with Gasteiger partial charge in [-0.05, 0) is 68.7 Å². The first kappa shape index (κ1) is 40.6. The minimum atomic E-state index is -4.80. The van der Waals surface area contributed by atoms with E-state index in [0.29, 0.717) is 40.9 Å². The van der Waals surface area contributed by atoms with Crippen LogP contribution in [0.1, 0.15) is 59.1 Å². The second-order valence-electron chi connectivity index (χ2n) is 11.7. The van der Waals surface area contributed by atoms with Crippen LogP contribution < -0.4 is 15.8 Å². The van der Waals surface area contributed by atoms with Crippen molar-refractivity contribution in [2.24, 2.45) is 7.05 Å². The number of benzene rings is 2. The summed E-state index contributed by atoms with van der Waals surface area (Å²) in [4.78, 5) is 45.5. The topological polar surface area (TPSA) is 114 Å². The van der Waals surface area contributed by atoms with E-state index in [-0.39, 0.29) is 23.2 Å². The maximum Gasteiger partial charge on any atom is 0.417 e. The van der Waals surface area contributed by atoms with Crippen LogP contribution in [-0.2, 0) is 29.2 Å². The van der Waals surface area contributed by atoms with Crippen LogP contribution in [0.5, 0.6) is 0 Å². The van der Waals surface area contributed by atoms with E-state index in [9.17, 15) is 41.4 Å². The number of aliphatic carboxylic acids is 1. The first-order valence-electron chi connectivity index (χ1n) is 16.4. The molecule has 2 aromatic heterocycles. The number of hydrogen-bond donors (Lipinski definition) is 2. The van der Waals surface area contributed by atoms with Crippen molar-refractivity contribution in [3.05, 3.63) is 92.5 Å². The van der Waals surface area contributed by atoms with Crippen LogP contribution in [0.25, 0.3) is 22.0 Å². The van der Waals surface area contributed by atoms with Gasteiger partial charge in [-0.15, -0.1) is 0 Å². The van der Waals surface area contributed by atoms with Crippen LogP contribution in [0.15, 0.2) is 53.5 Å². The zero-order chi connectivity index (χ0) is 38.2. The Morgan fingerprint density at radius 2 is 1.61 bits per heavy atom. The van der Waals surface area contributed by atoms with E-state index in [4.69, 9.17) is 4.74 Å². The highest BCUT2D eigenvalue weighted by Crippen LogP contribution is 2.38. The van der Waals surface area contributed by atoms with Crippen LogP contribution in [0.4, 0.5) is 27.6 Å². The molecule has 1 atom stereocenters. The van der Waals surface area contributed by atoms with Crippen LogP contribution in [0.3, 0.4) is 0 Å². The number of aromatic nitrogens is 2. The minimum Gasteiger partial charge on any atom is -0.480 e. The summed E-state index contributed by atoms with van der Waals surface area (Å²) in [6, 6.07) is 9.36. The van der Waals surface area contributed by atoms with Crippen LogP contribution in [0, 0.1) is 20.8 Å². The lowest BCUT2D eigenvalue weighted by Gasteiger charge is -2.30. The highest BCUT2D eigenvalue weighted by molar-refractivity contribution is 6.00. The average Bonchev–Trinajstić information content (AvgIpc) is 3.07. The lowest BCUT2D eigenvalue weighted by molar-refractivity contribution is -0.139. The molecule has 0 saturated carbocycles. The van der Waals surface area contributed by atoms with E-state index in [1.54, 1.807) is 26.0 Å². The monoisotopic (exact) mass is 718 g/mol. The maximum absolute atomic E-state index is 14.1. The summed E-state index contributed by atoms with van der Waals surface area (Å²) in [5, 5.41) is 13.1. The molecule has 0 aliphatic carbocycles. The van der Waals surface area contributed by atoms with E-state index in [0.717, 1.165) is 36.3 Å². The van der Waals surface area contributed by atoms with Crippen molar-refractivity contribution in [2.45, 2.75) is 66.6 Å². The number of carboxylic acid groups (broad SMARTS) is 1. The third kappa shape index (κ3) is 9.69. The smallest absolute Gasteiger partial charge is 0.417 e. The molecule has 0 unspecified atom stereocenters. The van der Waals surface area contributed by atoms with Crippen molar-refractivity contribution in [1.82, 2.24) is 14.9 Å². The van der Waals surface area contributed by atoms with Gasteiger partial charge in [-0.2, -0.15) is 13.2 Å². The number of pyridine rings is 2. The van der Waals surface area contributed by atoms with Gasteiger partial charge < -0.3 is 24.6 Å². The fourth-order valence-electron chi connectivity index (χ4n) is 5.87. The molecule has 1 aliphatic rings. The summed E-state index contributed by atoms with van der Waals surface area (Å²) in [5.41, 5.74) is 0.925. The van der Waals surface area contributed by atoms with Gasteiger partial charge in [-0.25, -0.2) is 13.6 Å². The number of carbonyl (C=O) groups excluding carboxylic acids is 1. The van der Waals surface area contributed by atoms with Crippen LogP contribution in [0.2, 0.25) is 0 Å². The summed E-state index contributed by atoms with van der Waals surface area (Å²) < 4.78 is 69.6. The molecular weight excluding hydrogens is 675 g/mol. The summed E-state index contributed by atoms with van der Waals surface area (Å²) in [6.45, 7) is 12.5. The van der Waals surface area contributed by atoms with Crippen LogP contribution in [-0.4, -0.2) is 65.3 Å². The van der Waals surface area contributed by atoms with Crippen molar-refractivity contribution in [3.8, 4) is 11.1 Å². The number of anilines is 1. The number of nitrogens with one attached hydrogen (secondary N) is 1. The Hall–Kier alpha value is -4.85. The molecule has 5 rings (SSSR count). The van der Waals surface area contributed by atoms with Crippen molar-refractivity contribution in [3.63, 3.8) is 0 Å². The maximum atomic E-state index is 14.1. The molecule has 4 aromatic rings. The Morgan fingerprint density at radius 1 is 1.02 bits per heavy atom. The lowest BCUT2D eigenvalue weighted by atomic mass is 9.93. The number of rotatable bonds is 7. The highest BCUT2D eigenvalue weighted by Gasteiger charge is 2.37. The van der Waals surface area contributed by atoms with E-state index >= 15 is 0 Å². The third-order valence-corrected chi connectivity index (χ3v) is 8.25. The molecule has 1 saturated heterocycles. The summed E-state index contributed by atoms with van der Waals surface area (Å²) in [6.07, 6.45) is -5.75. The zero-order valence-electron chi connectivity index (χ0n) is 29.6. The molecule has 9 nitrogen and oxygen atoms in total. The fraction of sp³-hybridized carbons (Fsp3) is 0.405. The molecule has 14 heteroatoms. The van der Waals surface area contributed by atoms with Gasteiger partial charge in [0.05, 0.1) is 29.9 Å². The Kier molecular flexibility index (Phi) is 13.8. The zero-order valence-corrected chi connectivity index (χ0v) is 29.6. The number of fused-ring (bicyclic) bond motifs is 1. The molecule has 3 heterocycles. The number of aryl methyl sites for hydroxylation is 3. The van der Waals surface area contributed by atoms with Crippen molar-refractivity contribution < 1.29 is 41.4 Å². The molecular formula is C37H43F5N4O5. The Bertz CT molecular complexity index is 1890. The van der Waals surface area contributed by atoms with E-state index in [1.807, 2.05) is 26.0 Å². The largest absolute Gasteiger partial charge is 0.480 e. The quantitative estimate of drug-likeness (QED) is 0.196. The van der Waals surface area contributed by atoms with Crippen molar-refractivity contribution in [2.75, 3.05) is 31.2 Å². The molecule has 276 valence electrons. The number of halogens is 5.